The molecule has 1 heterocycles. The van der Waals surface area contributed by atoms with Gasteiger partial charge in [0.25, 0.3) is 5.91 Å². The maximum Gasteiger partial charge on any atom is 0.325 e. The summed E-state index contributed by atoms with van der Waals surface area (Å²) in [5, 5.41) is 5.74. The molecule has 1 aliphatic heterocycles. The van der Waals surface area contributed by atoms with Gasteiger partial charge in [0.05, 0.1) is 6.04 Å². The van der Waals surface area contributed by atoms with Gasteiger partial charge in [-0.05, 0) is 61.4 Å². The number of amides is 4. The standard InChI is InChI=1S/C23H25N3O3/c1-14-8-9-18(12-15(14)2)16(3)24-20(27)13-26-21(28)23(25-22(26)29)11-10-17-6-4-5-7-19(17)23/h4-9,12,16H,10-11,13H2,1-3H3,(H,24,27)(H,25,29). The van der Waals surface area contributed by atoms with Crippen molar-refractivity contribution in [1.82, 2.24) is 15.5 Å². The van der Waals surface area contributed by atoms with Crippen LogP contribution < -0.4 is 10.6 Å². The molecule has 1 saturated heterocycles. The van der Waals surface area contributed by atoms with Gasteiger partial charge in [0.15, 0.2) is 0 Å². The monoisotopic (exact) mass is 391 g/mol. The number of carbonyl (C=O) groups excluding carboxylic acids is 3. The van der Waals surface area contributed by atoms with Crippen molar-refractivity contribution in [1.29, 1.82) is 0 Å². The lowest BCUT2D eigenvalue weighted by Crippen LogP contribution is -2.44. The Labute approximate surface area is 170 Å². The number of hydrogen-bond acceptors (Lipinski definition) is 3. The first kappa shape index (κ1) is 19.2. The Kier molecular flexibility index (Phi) is 4.65. The second kappa shape index (κ2) is 7.03. The quantitative estimate of drug-likeness (QED) is 0.787. The van der Waals surface area contributed by atoms with E-state index in [1.165, 1.54) is 5.56 Å². The number of nitrogens with one attached hydrogen (secondary N) is 2. The molecule has 2 atom stereocenters. The third kappa shape index (κ3) is 3.18. The number of aryl methyl sites for hydroxylation is 3. The molecule has 0 radical (unpaired) electrons. The van der Waals surface area contributed by atoms with E-state index in [4.69, 9.17) is 0 Å². The first-order valence-corrected chi connectivity index (χ1v) is 9.91. The maximum absolute atomic E-state index is 13.1. The van der Waals surface area contributed by atoms with E-state index < -0.39 is 11.6 Å². The number of benzene rings is 2. The smallest absolute Gasteiger partial charge is 0.325 e. The molecular formula is C23H25N3O3. The maximum atomic E-state index is 13.1. The molecule has 29 heavy (non-hydrogen) atoms. The number of nitrogens with zero attached hydrogens (tertiary/aromatic N) is 1. The average Bonchev–Trinajstić information content (AvgIpc) is 3.17. The van der Waals surface area contributed by atoms with E-state index in [1.54, 1.807) is 0 Å². The number of urea groups is 1. The molecule has 4 amide bonds. The zero-order valence-electron chi connectivity index (χ0n) is 16.9. The van der Waals surface area contributed by atoms with Crippen LogP contribution in [0.3, 0.4) is 0 Å². The number of fused-ring (bicyclic) bond motifs is 2. The first-order valence-electron chi connectivity index (χ1n) is 9.91. The van der Waals surface area contributed by atoms with Crippen LogP contribution in [0.4, 0.5) is 4.79 Å². The number of carbonyl (C=O) groups is 3. The van der Waals surface area contributed by atoms with Crippen molar-refractivity contribution < 1.29 is 14.4 Å². The highest BCUT2D eigenvalue weighted by molar-refractivity contribution is 6.09. The van der Waals surface area contributed by atoms with Gasteiger partial charge in [-0.25, -0.2) is 4.79 Å². The van der Waals surface area contributed by atoms with Crippen LogP contribution in [0.25, 0.3) is 0 Å². The first-order chi connectivity index (χ1) is 13.8. The topological polar surface area (TPSA) is 78.5 Å². The van der Waals surface area contributed by atoms with E-state index in [-0.39, 0.29) is 24.4 Å². The van der Waals surface area contributed by atoms with E-state index in [0.29, 0.717) is 6.42 Å². The third-order valence-electron chi connectivity index (χ3n) is 6.13. The van der Waals surface area contributed by atoms with Crippen LogP contribution >= 0.6 is 0 Å². The summed E-state index contributed by atoms with van der Waals surface area (Å²) in [6.45, 7) is 5.67. The molecule has 2 aromatic carbocycles. The summed E-state index contributed by atoms with van der Waals surface area (Å²) in [6.07, 6.45) is 1.25. The fraction of sp³-hybridized carbons (Fsp3) is 0.348. The average molecular weight is 391 g/mol. The Morgan fingerprint density at radius 2 is 1.93 bits per heavy atom. The second-order valence-corrected chi connectivity index (χ2v) is 8.02. The van der Waals surface area contributed by atoms with Gasteiger partial charge in [-0.2, -0.15) is 0 Å². The Morgan fingerprint density at radius 1 is 1.17 bits per heavy atom. The molecule has 2 aliphatic rings. The minimum Gasteiger partial charge on any atom is -0.348 e. The van der Waals surface area contributed by atoms with E-state index in [9.17, 15) is 14.4 Å². The van der Waals surface area contributed by atoms with Crippen LogP contribution in [0.5, 0.6) is 0 Å². The molecule has 2 N–H and O–H groups in total. The highest BCUT2D eigenvalue weighted by Gasteiger charge is 2.55. The van der Waals surface area contributed by atoms with E-state index in [1.807, 2.05) is 63.2 Å². The van der Waals surface area contributed by atoms with Crippen molar-refractivity contribution in [3.8, 4) is 0 Å². The Morgan fingerprint density at radius 3 is 2.69 bits per heavy atom. The van der Waals surface area contributed by atoms with Gasteiger partial charge in [-0.1, -0.05) is 42.5 Å². The minimum absolute atomic E-state index is 0.219. The molecule has 1 spiro atoms. The molecular weight excluding hydrogens is 366 g/mol. The summed E-state index contributed by atoms with van der Waals surface area (Å²) >= 11 is 0. The van der Waals surface area contributed by atoms with Crippen molar-refractivity contribution in [3.05, 3.63) is 70.3 Å². The predicted octanol–water partition coefficient (Wildman–Crippen LogP) is 2.87. The molecule has 0 aromatic heterocycles. The molecule has 150 valence electrons. The summed E-state index contributed by atoms with van der Waals surface area (Å²) in [5.74, 6) is -0.705. The van der Waals surface area contributed by atoms with E-state index in [2.05, 4.69) is 10.6 Å². The van der Waals surface area contributed by atoms with E-state index in [0.717, 1.165) is 33.6 Å². The van der Waals surface area contributed by atoms with Crippen molar-refractivity contribution in [2.24, 2.45) is 0 Å². The van der Waals surface area contributed by atoms with Crippen LogP contribution in [0.15, 0.2) is 42.5 Å². The van der Waals surface area contributed by atoms with Crippen LogP contribution in [-0.2, 0) is 21.5 Å². The van der Waals surface area contributed by atoms with Crippen molar-refractivity contribution in [2.45, 2.75) is 45.2 Å². The fourth-order valence-corrected chi connectivity index (χ4v) is 4.28. The molecule has 6 heteroatoms. The lowest BCUT2D eigenvalue weighted by atomic mass is 9.92. The summed E-state index contributed by atoms with van der Waals surface area (Å²) in [6, 6.07) is 13.0. The third-order valence-corrected chi connectivity index (χ3v) is 6.13. The molecule has 1 aliphatic carbocycles. The largest absolute Gasteiger partial charge is 0.348 e. The summed E-state index contributed by atoms with van der Waals surface area (Å²) in [5.41, 5.74) is 4.20. The summed E-state index contributed by atoms with van der Waals surface area (Å²) < 4.78 is 0. The second-order valence-electron chi connectivity index (χ2n) is 8.02. The van der Waals surface area contributed by atoms with Gasteiger partial charge < -0.3 is 10.6 Å². The van der Waals surface area contributed by atoms with E-state index >= 15 is 0 Å². The molecule has 0 saturated carbocycles. The van der Waals surface area contributed by atoms with Gasteiger partial charge in [0, 0.05) is 0 Å². The Bertz CT molecular complexity index is 1020. The number of imide groups is 1. The lowest BCUT2D eigenvalue weighted by molar-refractivity contribution is -0.135. The van der Waals surface area contributed by atoms with Crippen LogP contribution in [-0.4, -0.2) is 29.3 Å². The molecule has 2 aromatic rings. The molecule has 6 nitrogen and oxygen atoms in total. The van der Waals surface area contributed by atoms with Gasteiger partial charge in [-0.3, -0.25) is 14.5 Å². The lowest BCUT2D eigenvalue weighted by Gasteiger charge is -2.22. The van der Waals surface area contributed by atoms with Crippen LogP contribution in [0.1, 0.15) is 47.2 Å². The van der Waals surface area contributed by atoms with Gasteiger partial charge in [0.2, 0.25) is 5.91 Å². The van der Waals surface area contributed by atoms with Gasteiger partial charge in [-0.15, -0.1) is 0 Å². The van der Waals surface area contributed by atoms with Crippen molar-refractivity contribution in [2.75, 3.05) is 6.54 Å². The molecule has 1 fully saturated rings. The van der Waals surface area contributed by atoms with Crippen molar-refractivity contribution >= 4 is 17.8 Å². The fourth-order valence-electron chi connectivity index (χ4n) is 4.28. The summed E-state index contributed by atoms with van der Waals surface area (Å²) in [4.78, 5) is 39.3. The highest BCUT2D eigenvalue weighted by Crippen LogP contribution is 2.41. The number of rotatable bonds is 4. The van der Waals surface area contributed by atoms with Crippen LogP contribution in [0.2, 0.25) is 0 Å². The zero-order valence-corrected chi connectivity index (χ0v) is 16.9. The van der Waals surface area contributed by atoms with Crippen LogP contribution in [0, 0.1) is 13.8 Å². The predicted molar refractivity (Wildman–Crippen MR) is 109 cm³/mol. The summed E-state index contributed by atoms with van der Waals surface area (Å²) in [7, 11) is 0. The zero-order chi connectivity index (χ0) is 20.8. The molecule has 2 unspecified atom stereocenters. The Hall–Kier alpha value is -3.15. The minimum atomic E-state index is -1.03. The highest BCUT2D eigenvalue weighted by atomic mass is 16.2. The Balaban J connectivity index is 1.47. The SMILES string of the molecule is Cc1ccc(C(C)NC(=O)CN2C(=O)NC3(CCc4ccccc43)C2=O)cc1C. The molecule has 0 bridgehead atoms. The molecule has 4 rings (SSSR count). The van der Waals surface area contributed by atoms with Gasteiger partial charge in [0.1, 0.15) is 12.1 Å². The number of hydrogen-bond donors (Lipinski definition) is 2. The normalized spacial score (nSPS) is 21.3. The van der Waals surface area contributed by atoms with Gasteiger partial charge >= 0.3 is 6.03 Å². The van der Waals surface area contributed by atoms with Crippen molar-refractivity contribution in [3.63, 3.8) is 0 Å².